The van der Waals surface area contributed by atoms with Crippen molar-refractivity contribution in [2.75, 3.05) is 11.9 Å². The number of hydrogen-bond donors (Lipinski definition) is 2. The predicted octanol–water partition coefficient (Wildman–Crippen LogP) is 2.91. The molecule has 1 aromatic rings. The van der Waals surface area contributed by atoms with Crippen LogP contribution in [0.1, 0.15) is 6.92 Å². The molecule has 0 bridgehead atoms. The second-order valence-electron chi connectivity index (χ2n) is 4.33. The van der Waals surface area contributed by atoms with Crippen LogP contribution in [0, 0.1) is 5.41 Å². The first-order chi connectivity index (χ1) is 8.90. The van der Waals surface area contributed by atoms with Crippen molar-refractivity contribution >= 4 is 28.8 Å². The van der Waals surface area contributed by atoms with Crippen molar-refractivity contribution in [2.45, 2.75) is 6.92 Å². The Labute approximate surface area is 116 Å². The average molecular weight is 277 g/mol. The van der Waals surface area contributed by atoms with Crippen LogP contribution in [0.5, 0.6) is 5.75 Å². The average Bonchev–Trinajstić information content (AvgIpc) is 2.36. The van der Waals surface area contributed by atoms with Gasteiger partial charge in [-0.25, -0.2) is 0 Å². The van der Waals surface area contributed by atoms with Crippen LogP contribution in [0.4, 0.5) is 5.69 Å². The summed E-state index contributed by atoms with van der Waals surface area (Å²) in [7, 11) is 1.72. The Balaban J connectivity index is 2.37. The van der Waals surface area contributed by atoms with Gasteiger partial charge in [0, 0.05) is 12.7 Å². The van der Waals surface area contributed by atoms with Gasteiger partial charge in [-0.3, -0.25) is 4.79 Å². The van der Waals surface area contributed by atoms with Gasteiger partial charge in [-0.05, 0) is 42.8 Å². The Hall–Kier alpha value is -2.07. The molecule has 1 aliphatic carbocycles. The Kier molecular flexibility index (Phi) is 3.44. The van der Waals surface area contributed by atoms with Crippen LogP contribution in [0.15, 0.2) is 41.6 Å². The highest BCUT2D eigenvalue weighted by Gasteiger charge is 2.20. The number of nitrogens with zero attached hydrogens (tertiary/aromatic N) is 1. The van der Waals surface area contributed by atoms with E-state index < -0.39 is 0 Å². The van der Waals surface area contributed by atoms with Gasteiger partial charge in [-0.15, -0.1) is 0 Å². The summed E-state index contributed by atoms with van der Waals surface area (Å²) in [5.41, 5.74) is 2.03. The van der Waals surface area contributed by atoms with Gasteiger partial charge in [-0.1, -0.05) is 11.6 Å². The number of rotatable bonds is 2. The topological polar surface area (TPSA) is 64.4 Å². The summed E-state index contributed by atoms with van der Waals surface area (Å²) in [5, 5.41) is 17.4. The van der Waals surface area contributed by atoms with Gasteiger partial charge in [0.15, 0.2) is 0 Å². The molecule has 0 saturated carbocycles. The minimum Gasteiger partial charge on any atom is -0.506 e. The number of likely N-dealkylation sites (N-methyl/N-ethyl adjacent to an activating group) is 1. The third-order valence-corrected chi connectivity index (χ3v) is 3.29. The maximum absolute atomic E-state index is 12.0. The maximum Gasteiger partial charge on any atom is 0.202 e. The molecule has 2 rings (SSSR count). The third-order valence-electron chi connectivity index (χ3n) is 2.99. The molecule has 0 aliphatic heterocycles. The molecule has 1 aliphatic rings. The number of nitrogens with one attached hydrogen (secondary N) is 1. The number of anilines is 1. The Bertz CT molecular complexity index is 632. The summed E-state index contributed by atoms with van der Waals surface area (Å²) >= 11 is 5.85. The molecule has 0 fully saturated rings. The van der Waals surface area contributed by atoms with Crippen LogP contribution in [-0.2, 0) is 4.79 Å². The Morgan fingerprint density at radius 1 is 1.32 bits per heavy atom. The van der Waals surface area contributed by atoms with E-state index in [9.17, 15) is 9.90 Å². The van der Waals surface area contributed by atoms with Gasteiger partial charge in [0.1, 0.15) is 5.75 Å². The van der Waals surface area contributed by atoms with E-state index in [0.717, 1.165) is 0 Å². The van der Waals surface area contributed by atoms with Crippen LogP contribution >= 0.6 is 11.6 Å². The largest absolute Gasteiger partial charge is 0.506 e. The zero-order chi connectivity index (χ0) is 14.2. The van der Waals surface area contributed by atoms with Crippen LogP contribution < -0.4 is 4.90 Å². The lowest BCUT2D eigenvalue weighted by molar-refractivity contribution is -0.111. The van der Waals surface area contributed by atoms with Crippen LogP contribution in [0.2, 0.25) is 5.02 Å². The molecule has 0 atom stereocenters. The zero-order valence-electron chi connectivity index (χ0n) is 10.6. The number of phenolic OH excluding ortho intramolecular Hbond substituents is 1. The summed E-state index contributed by atoms with van der Waals surface area (Å²) in [6.45, 7) is 1.73. The quantitative estimate of drug-likeness (QED) is 0.816. The minimum absolute atomic E-state index is 0.00810. The summed E-state index contributed by atoms with van der Waals surface area (Å²) < 4.78 is 0. The summed E-state index contributed by atoms with van der Waals surface area (Å²) in [4.78, 5) is 13.6. The van der Waals surface area contributed by atoms with Crippen molar-refractivity contribution in [2.24, 2.45) is 0 Å². The molecule has 0 amide bonds. The third kappa shape index (κ3) is 2.53. The first-order valence-corrected chi connectivity index (χ1v) is 6.03. The number of hydrogen-bond acceptors (Lipinski definition) is 4. The van der Waals surface area contributed by atoms with E-state index in [2.05, 4.69) is 0 Å². The molecule has 5 heteroatoms. The summed E-state index contributed by atoms with van der Waals surface area (Å²) in [6, 6.07) is 4.69. The van der Waals surface area contributed by atoms with Gasteiger partial charge in [0.25, 0.3) is 0 Å². The van der Waals surface area contributed by atoms with E-state index in [1.165, 1.54) is 18.2 Å². The number of ketones is 1. The molecule has 0 spiro atoms. The monoisotopic (exact) mass is 276 g/mol. The molecule has 19 heavy (non-hydrogen) atoms. The lowest BCUT2D eigenvalue weighted by Gasteiger charge is -2.23. The molecule has 98 valence electrons. The van der Waals surface area contributed by atoms with Crippen molar-refractivity contribution in [3.63, 3.8) is 0 Å². The number of halogens is 1. The Morgan fingerprint density at radius 2 is 2.00 bits per heavy atom. The first kappa shape index (κ1) is 13.4. The minimum atomic E-state index is -0.153. The molecule has 0 unspecified atom stereocenters. The van der Waals surface area contributed by atoms with Crippen LogP contribution in [0.25, 0.3) is 0 Å². The number of carbonyl (C=O) groups is 1. The highest BCUT2D eigenvalue weighted by atomic mass is 35.5. The van der Waals surface area contributed by atoms with Crippen molar-refractivity contribution in [1.29, 1.82) is 5.41 Å². The molecule has 0 aromatic heterocycles. The highest BCUT2D eigenvalue weighted by Crippen LogP contribution is 2.30. The van der Waals surface area contributed by atoms with E-state index >= 15 is 0 Å². The van der Waals surface area contributed by atoms with Crippen molar-refractivity contribution in [1.82, 2.24) is 0 Å². The molecular weight excluding hydrogens is 264 g/mol. The SMILES string of the molecule is CC1=CC(=O)C(N(C)c2ccc(O)c(Cl)c2)=CC1=N. The molecule has 4 nitrogen and oxygen atoms in total. The normalized spacial score (nSPS) is 15.1. The summed E-state index contributed by atoms with van der Waals surface area (Å²) in [5.74, 6) is -0.161. The molecule has 1 aromatic carbocycles. The molecule has 0 heterocycles. The van der Waals surface area contributed by atoms with Crippen molar-refractivity contribution < 1.29 is 9.90 Å². The highest BCUT2D eigenvalue weighted by molar-refractivity contribution is 6.32. The number of phenols is 1. The molecule has 2 N–H and O–H groups in total. The van der Waals surface area contributed by atoms with Crippen LogP contribution in [-0.4, -0.2) is 23.6 Å². The van der Waals surface area contributed by atoms with Gasteiger partial charge in [0.05, 0.1) is 16.4 Å². The van der Waals surface area contributed by atoms with Gasteiger partial charge < -0.3 is 15.4 Å². The van der Waals surface area contributed by atoms with E-state index in [1.807, 2.05) is 0 Å². The summed E-state index contributed by atoms with van der Waals surface area (Å²) in [6.07, 6.45) is 2.97. The van der Waals surface area contributed by atoms with E-state index in [4.69, 9.17) is 17.0 Å². The number of benzene rings is 1. The van der Waals surface area contributed by atoms with Crippen molar-refractivity contribution in [3.8, 4) is 5.75 Å². The number of allylic oxidation sites excluding steroid dienone is 3. The maximum atomic E-state index is 12.0. The van der Waals surface area contributed by atoms with Crippen LogP contribution in [0.3, 0.4) is 0 Å². The standard InChI is InChI=1S/C14H13ClN2O2/c1-8-5-14(19)12(7-11(8)16)17(2)9-3-4-13(18)10(15)6-9/h3-7,16,18H,1-2H3. The second kappa shape index (κ2) is 4.90. The fourth-order valence-electron chi connectivity index (χ4n) is 1.78. The first-order valence-electron chi connectivity index (χ1n) is 5.65. The van der Waals surface area contributed by atoms with Crippen molar-refractivity contribution in [3.05, 3.63) is 46.6 Å². The fourth-order valence-corrected chi connectivity index (χ4v) is 1.95. The van der Waals surface area contributed by atoms with E-state index in [1.54, 1.807) is 31.0 Å². The van der Waals surface area contributed by atoms with Gasteiger partial charge in [0.2, 0.25) is 5.78 Å². The van der Waals surface area contributed by atoms with E-state index in [-0.39, 0.29) is 16.6 Å². The fraction of sp³-hybridized carbons (Fsp3) is 0.143. The lowest BCUT2D eigenvalue weighted by atomic mass is 10.0. The van der Waals surface area contributed by atoms with Gasteiger partial charge >= 0.3 is 0 Å². The van der Waals surface area contributed by atoms with Gasteiger partial charge in [-0.2, -0.15) is 0 Å². The number of carbonyl (C=O) groups excluding carboxylic acids is 1. The predicted molar refractivity (Wildman–Crippen MR) is 76.1 cm³/mol. The molecule has 0 saturated heterocycles. The smallest absolute Gasteiger partial charge is 0.202 e. The molecular formula is C14H13ClN2O2. The zero-order valence-corrected chi connectivity index (χ0v) is 11.3. The number of aromatic hydroxyl groups is 1. The molecule has 0 radical (unpaired) electrons. The second-order valence-corrected chi connectivity index (χ2v) is 4.74. The van der Waals surface area contributed by atoms with E-state index in [0.29, 0.717) is 22.7 Å². The lowest BCUT2D eigenvalue weighted by Crippen LogP contribution is -2.26. The Morgan fingerprint density at radius 3 is 2.63 bits per heavy atom.